The Labute approximate surface area is 174 Å². The molecule has 0 spiro atoms. The Morgan fingerprint density at radius 1 is 0.440 bits per heavy atom. The molecule has 0 amide bonds. The highest BCUT2D eigenvalue weighted by molar-refractivity contribution is 14.1. The smallest absolute Gasteiger partial charge is 0.00237 e. The van der Waals surface area contributed by atoms with Gasteiger partial charge >= 0.3 is 0 Å². The van der Waals surface area contributed by atoms with Crippen LogP contribution in [0.5, 0.6) is 0 Å². The molecule has 0 aliphatic carbocycles. The zero-order valence-electron chi connectivity index (χ0n) is 17.8. The van der Waals surface area contributed by atoms with Crippen molar-refractivity contribution in [1.29, 1.82) is 0 Å². The van der Waals surface area contributed by atoms with E-state index in [4.69, 9.17) is 0 Å². The summed E-state index contributed by atoms with van der Waals surface area (Å²) in [5.41, 5.74) is 0. The molecular weight excluding hydrogens is 415 g/mol. The third kappa shape index (κ3) is 20.9. The van der Waals surface area contributed by atoms with E-state index in [0.717, 1.165) is 5.92 Å². The van der Waals surface area contributed by atoms with Gasteiger partial charge in [-0.3, -0.25) is 0 Å². The third-order valence-corrected chi connectivity index (χ3v) is 6.90. The fraction of sp³-hybridized carbons (Fsp3) is 1.00. The van der Waals surface area contributed by atoms with Gasteiger partial charge in [0, 0.05) is 4.43 Å². The van der Waals surface area contributed by atoms with E-state index < -0.39 is 0 Å². The van der Waals surface area contributed by atoms with Gasteiger partial charge in [-0.1, -0.05) is 152 Å². The van der Waals surface area contributed by atoms with E-state index >= 15 is 0 Å². The molecule has 0 N–H and O–H groups in total. The van der Waals surface area contributed by atoms with Gasteiger partial charge in [-0.05, 0) is 18.8 Å². The van der Waals surface area contributed by atoms with E-state index in [9.17, 15) is 0 Å². The largest absolute Gasteiger partial charge is 0.0861 e. The average Bonchev–Trinajstić information content (AvgIpc) is 2.63. The van der Waals surface area contributed by atoms with Crippen molar-refractivity contribution in [1.82, 2.24) is 0 Å². The number of halogens is 1. The first kappa shape index (κ1) is 25.7. The molecule has 152 valence electrons. The van der Waals surface area contributed by atoms with Crippen molar-refractivity contribution in [2.45, 2.75) is 142 Å². The molecule has 0 aromatic rings. The highest BCUT2D eigenvalue weighted by Crippen LogP contribution is 2.21. The van der Waals surface area contributed by atoms with Gasteiger partial charge in [-0.2, -0.15) is 0 Å². The zero-order chi connectivity index (χ0) is 18.4. The van der Waals surface area contributed by atoms with Crippen LogP contribution in [0, 0.1) is 5.92 Å². The van der Waals surface area contributed by atoms with Gasteiger partial charge in [0.15, 0.2) is 0 Å². The number of hydrogen-bond acceptors (Lipinski definition) is 0. The molecule has 0 aliphatic rings. The molecule has 0 heterocycles. The van der Waals surface area contributed by atoms with Crippen LogP contribution in [0.15, 0.2) is 0 Å². The summed E-state index contributed by atoms with van der Waals surface area (Å²) in [6.45, 7) is 4.61. The van der Waals surface area contributed by atoms with Crippen molar-refractivity contribution >= 4 is 22.6 Å². The molecule has 0 aromatic heterocycles. The monoisotopic (exact) mass is 464 g/mol. The Hall–Kier alpha value is 0.730. The maximum absolute atomic E-state index is 2.62. The fourth-order valence-electron chi connectivity index (χ4n) is 3.79. The summed E-state index contributed by atoms with van der Waals surface area (Å²) in [6.07, 6.45) is 29.3. The lowest BCUT2D eigenvalue weighted by Crippen LogP contribution is -2.02. The SMILES string of the molecule is CCCCCCCCCCCCC(CI)CCCCCCCCCC. The lowest BCUT2D eigenvalue weighted by Gasteiger charge is -2.13. The Kier molecular flexibility index (Phi) is 23.4. The van der Waals surface area contributed by atoms with Gasteiger partial charge in [0.1, 0.15) is 0 Å². The van der Waals surface area contributed by atoms with Gasteiger partial charge in [0.2, 0.25) is 0 Å². The van der Waals surface area contributed by atoms with Crippen molar-refractivity contribution in [3.05, 3.63) is 0 Å². The average molecular weight is 465 g/mol. The zero-order valence-corrected chi connectivity index (χ0v) is 20.0. The van der Waals surface area contributed by atoms with Crippen molar-refractivity contribution in [2.75, 3.05) is 4.43 Å². The van der Waals surface area contributed by atoms with Crippen LogP contribution in [-0.4, -0.2) is 4.43 Å². The van der Waals surface area contributed by atoms with Crippen molar-refractivity contribution in [3.8, 4) is 0 Å². The van der Waals surface area contributed by atoms with E-state index in [-0.39, 0.29) is 0 Å². The molecule has 1 unspecified atom stereocenters. The second-order valence-corrected chi connectivity index (χ2v) is 9.14. The number of alkyl halides is 1. The summed E-state index contributed by atoms with van der Waals surface area (Å²) in [6, 6.07) is 0. The Balaban J connectivity index is 3.28. The summed E-state index contributed by atoms with van der Waals surface area (Å²) in [4.78, 5) is 0. The van der Waals surface area contributed by atoms with Gasteiger partial charge in [-0.15, -0.1) is 0 Å². The van der Waals surface area contributed by atoms with Crippen LogP contribution in [0.3, 0.4) is 0 Å². The second kappa shape index (κ2) is 22.8. The molecule has 0 radical (unpaired) electrons. The maximum Gasteiger partial charge on any atom is 0.00237 e. The van der Waals surface area contributed by atoms with Crippen molar-refractivity contribution in [2.24, 2.45) is 5.92 Å². The highest BCUT2D eigenvalue weighted by atomic mass is 127. The fourth-order valence-corrected chi connectivity index (χ4v) is 4.67. The molecule has 25 heavy (non-hydrogen) atoms. The molecule has 1 atom stereocenters. The van der Waals surface area contributed by atoms with Crippen LogP contribution in [0.1, 0.15) is 142 Å². The number of unbranched alkanes of at least 4 members (excludes halogenated alkanes) is 16. The standard InChI is InChI=1S/C24H49I/c1-3-5-7-9-11-13-14-16-18-20-22-24(23-25)21-19-17-15-12-10-8-6-4-2/h24H,3-23H2,1-2H3. The first-order valence-corrected chi connectivity index (χ1v) is 13.4. The summed E-state index contributed by atoms with van der Waals surface area (Å²) in [5, 5.41) is 0. The second-order valence-electron chi connectivity index (χ2n) is 8.25. The minimum Gasteiger partial charge on any atom is -0.0861 e. The highest BCUT2D eigenvalue weighted by Gasteiger charge is 2.06. The first-order chi connectivity index (χ1) is 12.3. The quantitative estimate of drug-likeness (QED) is 0.0901. The minimum absolute atomic E-state index is 1.01. The van der Waals surface area contributed by atoms with E-state index in [0.29, 0.717) is 0 Å². The van der Waals surface area contributed by atoms with E-state index in [2.05, 4.69) is 36.4 Å². The molecule has 0 saturated heterocycles. The number of hydrogen-bond donors (Lipinski definition) is 0. The molecular formula is C24H49I. The van der Waals surface area contributed by atoms with Crippen molar-refractivity contribution < 1.29 is 0 Å². The van der Waals surface area contributed by atoms with Gasteiger partial charge < -0.3 is 0 Å². The molecule has 0 aromatic carbocycles. The van der Waals surface area contributed by atoms with Crippen LogP contribution in [-0.2, 0) is 0 Å². The van der Waals surface area contributed by atoms with E-state index in [1.807, 2.05) is 0 Å². The minimum atomic E-state index is 1.01. The lowest BCUT2D eigenvalue weighted by molar-refractivity contribution is 0.439. The first-order valence-electron chi connectivity index (χ1n) is 11.9. The predicted octanol–water partition coefficient (Wildman–Crippen LogP) is 9.88. The van der Waals surface area contributed by atoms with E-state index in [1.165, 1.54) is 133 Å². The summed E-state index contributed by atoms with van der Waals surface area (Å²) < 4.78 is 1.38. The lowest BCUT2D eigenvalue weighted by atomic mass is 9.95. The molecule has 0 nitrogen and oxygen atoms in total. The summed E-state index contributed by atoms with van der Waals surface area (Å²) in [5.74, 6) is 1.01. The molecule has 0 aliphatic heterocycles. The van der Waals surface area contributed by atoms with Crippen LogP contribution >= 0.6 is 22.6 Å². The molecule has 0 rings (SSSR count). The van der Waals surface area contributed by atoms with Crippen LogP contribution in [0.25, 0.3) is 0 Å². The topological polar surface area (TPSA) is 0 Å². The Morgan fingerprint density at radius 3 is 1.00 bits per heavy atom. The van der Waals surface area contributed by atoms with Gasteiger partial charge in [0.25, 0.3) is 0 Å². The van der Waals surface area contributed by atoms with Crippen LogP contribution < -0.4 is 0 Å². The van der Waals surface area contributed by atoms with E-state index in [1.54, 1.807) is 0 Å². The maximum atomic E-state index is 2.62. The summed E-state index contributed by atoms with van der Waals surface area (Å²) in [7, 11) is 0. The Morgan fingerprint density at radius 2 is 0.720 bits per heavy atom. The molecule has 0 saturated carbocycles. The van der Waals surface area contributed by atoms with Gasteiger partial charge in [0.05, 0.1) is 0 Å². The predicted molar refractivity (Wildman–Crippen MR) is 126 cm³/mol. The molecule has 1 heteroatoms. The van der Waals surface area contributed by atoms with Gasteiger partial charge in [-0.25, -0.2) is 0 Å². The summed E-state index contributed by atoms with van der Waals surface area (Å²) >= 11 is 2.62. The third-order valence-electron chi connectivity index (χ3n) is 5.65. The molecule has 0 bridgehead atoms. The van der Waals surface area contributed by atoms with Crippen LogP contribution in [0.2, 0.25) is 0 Å². The Bertz CT molecular complexity index is 226. The van der Waals surface area contributed by atoms with Crippen molar-refractivity contribution in [3.63, 3.8) is 0 Å². The normalized spacial score (nSPS) is 12.6. The number of rotatable bonds is 21. The van der Waals surface area contributed by atoms with Crippen LogP contribution in [0.4, 0.5) is 0 Å². The molecule has 0 fully saturated rings.